The summed E-state index contributed by atoms with van der Waals surface area (Å²) in [6.45, 7) is 2.56. The van der Waals surface area contributed by atoms with Gasteiger partial charge in [0.2, 0.25) is 0 Å². The second kappa shape index (κ2) is 10.6. The summed E-state index contributed by atoms with van der Waals surface area (Å²) >= 11 is 0. The van der Waals surface area contributed by atoms with Crippen molar-refractivity contribution in [2.24, 2.45) is 0 Å². The molecule has 1 aliphatic heterocycles. The van der Waals surface area contributed by atoms with E-state index in [-0.39, 0.29) is 13.1 Å². The molecule has 0 aromatic heterocycles. The summed E-state index contributed by atoms with van der Waals surface area (Å²) in [5, 5.41) is 21.9. The van der Waals surface area contributed by atoms with E-state index >= 15 is 0 Å². The van der Waals surface area contributed by atoms with Crippen LogP contribution in [-0.4, -0.2) is 92.1 Å². The molecule has 1 aliphatic rings. The van der Waals surface area contributed by atoms with E-state index < -0.39 is 11.8 Å². The standard InChI is InChI=1S/C23H31N4O6/c1-27(17-23(29)26(31)19-7-5-9-21(15-19)33-3)12-10-24(11-13-27)16-22(28)25(30)18-6-4-8-20(14-18)32-2/h4-9,14-15,30-31H,10-13,16-17H2,1-3H3/q+1. The first-order valence-electron chi connectivity index (χ1n) is 10.6. The molecule has 0 spiro atoms. The van der Waals surface area contributed by atoms with Crippen molar-refractivity contribution in [2.45, 2.75) is 0 Å². The average molecular weight is 460 g/mol. The van der Waals surface area contributed by atoms with Crippen molar-refractivity contribution in [3.63, 3.8) is 0 Å². The third-order valence-corrected chi connectivity index (χ3v) is 5.86. The molecule has 0 atom stereocenters. The van der Waals surface area contributed by atoms with E-state index in [1.54, 1.807) is 48.5 Å². The minimum Gasteiger partial charge on any atom is -0.497 e. The summed E-state index contributed by atoms with van der Waals surface area (Å²) < 4.78 is 10.7. The zero-order valence-corrected chi connectivity index (χ0v) is 19.2. The first-order valence-corrected chi connectivity index (χ1v) is 10.6. The highest BCUT2D eigenvalue weighted by Crippen LogP contribution is 2.22. The highest BCUT2D eigenvalue weighted by molar-refractivity contribution is 5.93. The van der Waals surface area contributed by atoms with Crippen molar-refractivity contribution in [2.75, 3.05) is 70.7 Å². The van der Waals surface area contributed by atoms with Crippen molar-refractivity contribution in [3.05, 3.63) is 48.5 Å². The fourth-order valence-electron chi connectivity index (χ4n) is 3.73. The predicted molar refractivity (Wildman–Crippen MR) is 122 cm³/mol. The van der Waals surface area contributed by atoms with Crippen LogP contribution in [0, 0.1) is 0 Å². The Labute approximate surface area is 193 Å². The van der Waals surface area contributed by atoms with Gasteiger partial charge in [-0.05, 0) is 24.3 Å². The Morgan fingerprint density at radius 3 is 1.88 bits per heavy atom. The van der Waals surface area contributed by atoms with Gasteiger partial charge in [0.15, 0.2) is 6.54 Å². The molecule has 2 aromatic carbocycles. The Kier molecular flexibility index (Phi) is 7.88. The molecule has 33 heavy (non-hydrogen) atoms. The molecule has 0 unspecified atom stereocenters. The van der Waals surface area contributed by atoms with Gasteiger partial charge in [-0.2, -0.15) is 10.1 Å². The Bertz CT molecular complexity index is 977. The first kappa shape index (κ1) is 24.5. The number of hydrogen-bond donors (Lipinski definition) is 2. The third-order valence-electron chi connectivity index (χ3n) is 5.86. The van der Waals surface area contributed by atoms with E-state index in [2.05, 4.69) is 0 Å². The molecule has 2 amide bonds. The fourth-order valence-corrected chi connectivity index (χ4v) is 3.73. The molecule has 10 nitrogen and oxygen atoms in total. The van der Waals surface area contributed by atoms with E-state index in [9.17, 15) is 20.0 Å². The van der Waals surface area contributed by atoms with Crippen molar-refractivity contribution >= 4 is 23.2 Å². The molecule has 178 valence electrons. The SMILES string of the molecule is COc1cccc(N(O)C(=O)CN2CC[N+](C)(CC(=O)N(O)c3cccc(OC)c3)CC2)c1. The number of hydrogen-bond acceptors (Lipinski definition) is 7. The number of carbonyl (C=O) groups is 2. The molecule has 0 saturated carbocycles. The Hall–Kier alpha value is -3.18. The minimum absolute atomic E-state index is 0.0532. The number of methoxy groups -OCH3 is 2. The van der Waals surface area contributed by atoms with E-state index in [0.717, 1.165) is 0 Å². The topological polar surface area (TPSA) is 103 Å². The molecular weight excluding hydrogens is 428 g/mol. The first-order chi connectivity index (χ1) is 15.7. The smallest absolute Gasteiger partial charge is 0.305 e. The number of ether oxygens (including phenoxy) is 2. The molecule has 1 saturated heterocycles. The van der Waals surface area contributed by atoms with E-state index in [1.807, 2.05) is 11.9 Å². The van der Waals surface area contributed by atoms with Gasteiger partial charge >= 0.3 is 5.91 Å². The summed E-state index contributed by atoms with van der Waals surface area (Å²) in [4.78, 5) is 27.1. The average Bonchev–Trinajstić information content (AvgIpc) is 2.84. The summed E-state index contributed by atoms with van der Waals surface area (Å²) in [7, 11) is 4.99. The maximum atomic E-state index is 12.7. The summed E-state index contributed by atoms with van der Waals surface area (Å²) in [5.41, 5.74) is 0.680. The largest absolute Gasteiger partial charge is 0.497 e. The lowest BCUT2D eigenvalue weighted by Gasteiger charge is -2.41. The van der Waals surface area contributed by atoms with Crippen LogP contribution in [0.4, 0.5) is 11.4 Å². The second-order valence-electron chi connectivity index (χ2n) is 8.32. The van der Waals surface area contributed by atoms with E-state index in [1.165, 1.54) is 14.2 Å². The maximum Gasteiger partial charge on any atom is 0.305 e. The van der Waals surface area contributed by atoms with Gasteiger partial charge in [0.25, 0.3) is 5.91 Å². The fraction of sp³-hybridized carbons (Fsp3) is 0.391. The quantitative estimate of drug-likeness (QED) is 0.351. The maximum absolute atomic E-state index is 12.7. The Morgan fingerprint density at radius 1 is 0.909 bits per heavy atom. The van der Waals surface area contributed by atoms with Crippen molar-refractivity contribution in [3.8, 4) is 11.5 Å². The van der Waals surface area contributed by atoms with Crippen molar-refractivity contribution < 1.29 is 34.0 Å². The van der Waals surface area contributed by atoms with Gasteiger partial charge in [0.05, 0.1) is 52.3 Å². The summed E-state index contributed by atoms with van der Waals surface area (Å²) in [5.74, 6) is 0.219. The van der Waals surface area contributed by atoms with Crippen LogP contribution >= 0.6 is 0 Å². The number of carbonyl (C=O) groups excluding carboxylic acids is 2. The van der Waals surface area contributed by atoms with Gasteiger partial charge in [0, 0.05) is 25.2 Å². The normalized spacial score (nSPS) is 15.5. The van der Waals surface area contributed by atoms with Gasteiger partial charge in [-0.15, -0.1) is 0 Å². The van der Waals surface area contributed by atoms with E-state index in [0.29, 0.717) is 63.7 Å². The molecule has 2 N–H and O–H groups in total. The van der Waals surface area contributed by atoms with Crippen molar-refractivity contribution in [1.82, 2.24) is 4.90 Å². The van der Waals surface area contributed by atoms with Crippen molar-refractivity contribution in [1.29, 1.82) is 0 Å². The van der Waals surface area contributed by atoms with Gasteiger partial charge in [-0.1, -0.05) is 12.1 Å². The molecule has 3 rings (SSSR count). The number of benzene rings is 2. The van der Waals surface area contributed by atoms with Gasteiger partial charge < -0.3 is 14.0 Å². The highest BCUT2D eigenvalue weighted by Gasteiger charge is 2.34. The summed E-state index contributed by atoms with van der Waals surface area (Å²) in [6.07, 6.45) is 0. The number of anilines is 2. The van der Waals surface area contributed by atoms with Gasteiger partial charge in [-0.25, -0.2) is 0 Å². The molecule has 2 aromatic rings. The number of rotatable bonds is 8. The van der Waals surface area contributed by atoms with Crippen LogP contribution in [0.5, 0.6) is 11.5 Å². The molecule has 1 heterocycles. The number of quaternary nitrogens is 1. The van der Waals surface area contributed by atoms with Crippen LogP contribution < -0.4 is 19.6 Å². The zero-order valence-electron chi connectivity index (χ0n) is 19.2. The monoisotopic (exact) mass is 459 g/mol. The lowest BCUT2D eigenvalue weighted by molar-refractivity contribution is -0.906. The number of hydroxylamine groups is 2. The predicted octanol–water partition coefficient (Wildman–Crippen LogP) is 1.61. The molecule has 10 heteroatoms. The molecule has 0 aliphatic carbocycles. The number of nitrogens with zero attached hydrogens (tertiary/aromatic N) is 4. The van der Waals surface area contributed by atoms with Crippen LogP contribution in [0.2, 0.25) is 0 Å². The lowest BCUT2D eigenvalue weighted by Crippen LogP contribution is -2.61. The zero-order chi connectivity index (χ0) is 24.0. The number of likely N-dealkylation sites (N-methyl/N-ethyl adjacent to an activating group) is 1. The van der Waals surface area contributed by atoms with Gasteiger partial charge in [0.1, 0.15) is 11.5 Å². The van der Waals surface area contributed by atoms with Crippen LogP contribution in [0.15, 0.2) is 48.5 Å². The van der Waals surface area contributed by atoms with E-state index in [4.69, 9.17) is 9.47 Å². The van der Waals surface area contributed by atoms with Gasteiger partial charge in [-0.3, -0.25) is 24.9 Å². The van der Waals surface area contributed by atoms with Crippen LogP contribution in [0.25, 0.3) is 0 Å². The van der Waals surface area contributed by atoms with Crippen LogP contribution in [-0.2, 0) is 9.59 Å². The summed E-state index contributed by atoms with van der Waals surface area (Å²) in [6, 6.07) is 13.3. The molecule has 0 radical (unpaired) electrons. The molecule has 1 fully saturated rings. The number of piperazine rings is 1. The van der Waals surface area contributed by atoms with Crippen LogP contribution in [0.3, 0.4) is 0 Å². The van der Waals surface area contributed by atoms with Crippen LogP contribution in [0.1, 0.15) is 0 Å². The minimum atomic E-state index is -0.449. The Morgan fingerprint density at radius 2 is 1.39 bits per heavy atom. The second-order valence-corrected chi connectivity index (χ2v) is 8.32. The molecule has 0 bridgehead atoms. The number of amides is 2. The third kappa shape index (κ3) is 6.20. The molecular formula is C23H31N4O6+. The Balaban J connectivity index is 1.52. The lowest BCUT2D eigenvalue weighted by atomic mass is 10.2. The highest BCUT2D eigenvalue weighted by atomic mass is 16.5.